The molecule has 1 aromatic rings. The average Bonchev–Trinajstić information content (AvgIpc) is 3.04. The van der Waals surface area contributed by atoms with Crippen LogP contribution in [0.5, 0.6) is 11.5 Å². The molecule has 1 saturated heterocycles. The Labute approximate surface area is 126 Å². The van der Waals surface area contributed by atoms with E-state index >= 15 is 0 Å². The van der Waals surface area contributed by atoms with Gasteiger partial charge in [-0.2, -0.15) is 0 Å². The van der Waals surface area contributed by atoms with E-state index in [1.54, 1.807) is 14.2 Å². The number of methoxy groups -OCH3 is 2. The zero-order chi connectivity index (χ0) is 15.1. The molecule has 0 saturated carbocycles. The van der Waals surface area contributed by atoms with Crippen LogP contribution in [-0.4, -0.2) is 33.0 Å². The normalized spacial score (nSPS) is 19.5. The molecule has 0 radical (unpaired) electrons. The van der Waals surface area contributed by atoms with Gasteiger partial charge in [0.25, 0.3) is 0 Å². The number of benzene rings is 1. The summed E-state index contributed by atoms with van der Waals surface area (Å²) in [6.45, 7) is 0.904. The molecule has 0 bridgehead atoms. The standard InChI is InChI=1S/C16H26N2O3/c1-19-15-8-5-12(11-16(15)20-2)10-13(18-17)6-7-14-4-3-9-21-14/h5,8,11,13-14,18H,3-4,6-7,9-10,17H2,1-2H3. The highest BCUT2D eigenvalue weighted by Crippen LogP contribution is 2.28. The van der Waals surface area contributed by atoms with Crippen LogP contribution in [-0.2, 0) is 11.2 Å². The van der Waals surface area contributed by atoms with E-state index in [4.69, 9.17) is 20.1 Å². The van der Waals surface area contributed by atoms with Crippen molar-refractivity contribution >= 4 is 0 Å². The topological polar surface area (TPSA) is 65.7 Å². The van der Waals surface area contributed by atoms with Crippen LogP contribution in [0, 0.1) is 0 Å². The van der Waals surface area contributed by atoms with E-state index in [1.165, 1.54) is 18.4 Å². The van der Waals surface area contributed by atoms with Gasteiger partial charge in [0.15, 0.2) is 11.5 Å². The summed E-state index contributed by atoms with van der Waals surface area (Å²) in [5, 5.41) is 0. The number of hydrogen-bond donors (Lipinski definition) is 2. The second-order valence-corrected chi connectivity index (χ2v) is 5.47. The highest BCUT2D eigenvalue weighted by molar-refractivity contribution is 5.43. The minimum absolute atomic E-state index is 0.243. The van der Waals surface area contributed by atoms with Gasteiger partial charge >= 0.3 is 0 Å². The Morgan fingerprint density at radius 1 is 1.33 bits per heavy atom. The molecule has 5 heteroatoms. The molecule has 0 aliphatic carbocycles. The molecular weight excluding hydrogens is 268 g/mol. The van der Waals surface area contributed by atoms with Crippen LogP contribution in [0.4, 0.5) is 0 Å². The smallest absolute Gasteiger partial charge is 0.160 e. The summed E-state index contributed by atoms with van der Waals surface area (Å²) in [4.78, 5) is 0. The fourth-order valence-corrected chi connectivity index (χ4v) is 2.80. The third kappa shape index (κ3) is 4.59. The lowest BCUT2D eigenvalue weighted by Crippen LogP contribution is -2.37. The van der Waals surface area contributed by atoms with Gasteiger partial charge in [0.1, 0.15) is 0 Å². The molecular formula is C16H26N2O3. The monoisotopic (exact) mass is 294 g/mol. The SMILES string of the molecule is COc1ccc(CC(CCC2CCCO2)NN)cc1OC. The fraction of sp³-hybridized carbons (Fsp3) is 0.625. The van der Waals surface area contributed by atoms with Crippen molar-refractivity contribution in [3.8, 4) is 11.5 Å². The predicted octanol–water partition coefficient (Wildman–Crippen LogP) is 2.04. The van der Waals surface area contributed by atoms with Crippen LogP contribution in [0.15, 0.2) is 18.2 Å². The fourth-order valence-electron chi connectivity index (χ4n) is 2.80. The third-order valence-corrected chi connectivity index (χ3v) is 4.03. The predicted molar refractivity (Wildman–Crippen MR) is 82.6 cm³/mol. The number of hydrogen-bond acceptors (Lipinski definition) is 5. The van der Waals surface area contributed by atoms with Crippen molar-refractivity contribution in [1.29, 1.82) is 0 Å². The van der Waals surface area contributed by atoms with Crippen molar-refractivity contribution in [2.24, 2.45) is 5.84 Å². The van der Waals surface area contributed by atoms with Crippen LogP contribution < -0.4 is 20.7 Å². The molecule has 1 aromatic carbocycles. The molecule has 0 spiro atoms. The minimum Gasteiger partial charge on any atom is -0.493 e. The van der Waals surface area contributed by atoms with E-state index in [1.807, 2.05) is 12.1 Å². The summed E-state index contributed by atoms with van der Waals surface area (Å²) < 4.78 is 16.3. The number of nitrogens with one attached hydrogen (secondary N) is 1. The van der Waals surface area contributed by atoms with Gasteiger partial charge in [0.2, 0.25) is 0 Å². The molecule has 0 aromatic heterocycles. The van der Waals surface area contributed by atoms with Crippen molar-refractivity contribution in [2.45, 2.75) is 44.2 Å². The third-order valence-electron chi connectivity index (χ3n) is 4.03. The van der Waals surface area contributed by atoms with E-state index in [-0.39, 0.29) is 6.04 Å². The Morgan fingerprint density at radius 2 is 2.14 bits per heavy atom. The average molecular weight is 294 g/mol. The number of hydrazine groups is 1. The summed E-state index contributed by atoms with van der Waals surface area (Å²) in [5.74, 6) is 7.19. The first-order valence-corrected chi connectivity index (χ1v) is 7.55. The van der Waals surface area contributed by atoms with Crippen LogP contribution in [0.25, 0.3) is 0 Å². The minimum atomic E-state index is 0.243. The van der Waals surface area contributed by atoms with Crippen molar-refractivity contribution in [3.05, 3.63) is 23.8 Å². The summed E-state index contributed by atoms with van der Waals surface area (Å²) in [6, 6.07) is 6.24. The zero-order valence-corrected chi connectivity index (χ0v) is 12.9. The first kappa shape index (κ1) is 16.1. The lowest BCUT2D eigenvalue weighted by atomic mass is 9.99. The molecule has 1 aliphatic heterocycles. The first-order valence-electron chi connectivity index (χ1n) is 7.55. The molecule has 1 aliphatic rings. The lowest BCUT2D eigenvalue weighted by Gasteiger charge is -2.18. The maximum atomic E-state index is 5.69. The Morgan fingerprint density at radius 3 is 2.76 bits per heavy atom. The maximum Gasteiger partial charge on any atom is 0.160 e. The highest BCUT2D eigenvalue weighted by Gasteiger charge is 2.18. The van der Waals surface area contributed by atoms with E-state index in [9.17, 15) is 0 Å². The van der Waals surface area contributed by atoms with Gasteiger partial charge in [-0.05, 0) is 49.8 Å². The molecule has 118 valence electrons. The van der Waals surface area contributed by atoms with Gasteiger partial charge in [0.05, 0.1) is 20.3 Å². The molecule has 3 N–H and O–H groups in total. The van der Waals surface area contributed by atoms with Crippen molar-refractivity contribution in [3.63, 3.8) is 0 Å². The van der Waals surface area contributed by atoms with Crippen molar-refractivity contribution in [1.82, 2.24) is 5.43 Å². The second-order valence-electron chi connectivity index (χ2n) is 5.47. The van der Waals surface area contributed by atoms with Crippen LogP contribution in [0.3, 0.4) is 0 Å². The van der Waals surface area contributed by atoms with Crippen molar-refractivity contribution < 1.29 is 14.2 Å². The molecule has 0 amide bonds. The quantitative estimate of drug-likeness (QED) is 0.567. The Hall–Kier alpha value is -1.30. The van der Waals surface area contributed by atoms with Gasteiger partial charge < -0.3 is 14.2 Å². The first-order chi connectivity index (χ1) is 10.3. The van der Waals surface area contributed by atoms with E-state index in [0.717, 1.165) is 37.4 Å². The number of ether oxygens (including phenoxy) is 3. The lowest BCUT2D eigenvalue weighted by molar-refractivity contribution is 0.0996. The van der Waals surface area contributed by atoms with Gasteiger partial charge in [-0.15, -0.1) is 0 Å². The molecule has 1 fully saturated rings. The second kappa shape index (κ2) is 8.22. The van der Waals surface area contributed by atoms with Crippen LogP contribution in [0.2, 0.25) is 0 Å². The molecule has 2 atom stereocenters. The Balaban J connectivity index is 1.90. The summed E-state index contributed by atoms with van der Waals surface area (Å²) in [7, 11) is 3.29. The van der Waals surface area contributed by atoms with Gasteiger partial charge in [0, 0.05) is 12.6 Å². The zero-order valence-electron chi connectivity index (χ0n) is 12.9. The molecule has 2 unspecified atom stereocenters. The van der Waals surface area contributed by atoms with E-state index < -0.39 is 0 Å². The number of nitrogens with two attached hydrogens (primary N) is 1. The van der Waals surface area contributed by atoms with Gasteiger partial charge in [-0.25, -0.2) is 0 Å². The Bertz CT molecular complexity index is 434. The summed E-state index contributed by atoms with van der Waals surface area (Å²) in [6.07, 6.45) is 5.70. The van der Waals surface area contributed by atoms with Gasteiger partial charge in [-0.1, -0.05) is 6.07 Å². The molecule has 5 nitrogen and oxygen atoms in total. The largest absolute Gasteiger partial charge is 0.493 e. The molecule has 2 rings (SSSR count). The van der Waals surface area contributed by atoms with Crippen molar-refractivity contribution in [2.75, 3.05) is 20.8 Å². The Kier molecular flexibility index (Phi) is 6.29. The van der Waals surface area contributed by atoms with Gasteiger partial charge in [-0.3, -0.25) is 11.3 Å². The van der Waals surface area contributed by atoms with E-state index in [0.29, 0.717) is 6.10 Å². The summed E-state index contributed by atoms with van der Waals surface area (Å²) >= 11 is 0. The van der Waals surface area contributed by atoms with Crippen LogP contribution >= 0.6 is 0 Å². The van der Waals surface area contributed by atoms with E-state index in [2.05, 4.69) is 11.5 Å². The number of rotatable bonds is 8. The van der Waals surface area contributed by atoms with Crippen LogP contribution in [0.1, 0.15) is 31.2 Å². The molecule has 1 heterocycles. The highest BCUT2D eigenvalue weighted by atomic mass is 16.5. The maximum absolute atomic E-state index is 5.69. The molecule has 21 heavy (non-hydrogen) atoms. The summed E-state index contributed by atoms with van der Waals surface area (Å²) in [5.41, 5.74) is 4.10.